The maximum atomic E-state index is 12.3. The number of hydrogen-bond donors (Lipinski definition) is 2. The zero-order valence-electron chi connectivity index (χ0n) is 12.5. The number of halogens is 1. The molecule has 0 bridgehead atoms. The van der Waals surface area contributed by atoms with Crippen LogP contribution >= 0.6 is 15.9 Å². The third kappa shape index (κ3) is 4.77. The van der Waals surface area contributed by atoms with Crippen molar-refractivity contribution in [3.63, 3.8) is 0 Å². The van der Waals surface area contributed by atoms with Crippen LogP contribution in [0.15, 0.2) is 27.6 Å². The predicted octanol–water partition coefficient (Wildman–Crippen LogP) is 2.88. The van der Waals surface area contributed by atoms with Crippen molar-refractivity contribution in [2.45, 2.75) is 38.1 Å². The first-order valence-electron chi connectivity index (χ1n) is 7.43. The molecule has 2 rings (SSSR count). The minimum Gasteiger partial charge on any atom is -0.313 e. The van der Waals surface area contributed by atoms with Crippen LogP contribution in [0.1, 0.15) is 32.3 Å². The molecule has 21 heavy (non-hydrogen) atoms. The highest BCUT2D eigenvalue weighted by Gasteiger charge is 2.33. The van der Waals surface area contributed by atoms with Crippen LogP contribution in [0.5, 0.6) is 0 Å². The van der Waals surface area contributed by atoms with Gasteiger partial charge in [-0.2, -0.15) is 0 Å². The largest absolute Gasteiger partial charge is 0.313 e. The fraction of sp³-hybridized carbons (Fsp3) is 0.600. The second-order valence-corrected chi connectivity index (χ2v) is 8.36. The number of sulfonamides is 1. The van der Waals surface area contributed by atoms with Gasteiger partial charge < -0.3 is 5.32 Å². The molecule has 0 heterocycles. The third-order valence-corrected chi connectivity index (χ3v) is 6.25. The molecule has 0 spiro atoms. The van der Waals surface area contributed by atoms with E-state index in [1.165, 1.54) is 0 Å². The van der Waals surface area contributed by atoms with Gasteiger partial charge in [0, 0.05) is 17.6 Å². The molecule has 0 aliphatic heterocycles. The number of hydrogen-bond acceptors (Lipinski definition) is 3. The standard InChI is InChI=1S/C15H23BrN2O2S/c1-3-6-17-9-12-4-5-15(14(16)8-12)21(19,20)18-10-13-7-11(13)2/h4-5,8,11,13,17-18H,3,6-7,9-10H2,1-2H3. The number of benzene rings is 1. The molecular formula is C15H23BrN2O2S. The Morgan fingerprint density at radius 2 is 2.10 bits per heavy atom. The van der Waals surface area contributed by atoms with E-state index in [2.05, 4.69) is 39.8 Å². The van der Waals surface area contributed by atoms with Crippen LogP contribution in [0.2, 0.25) is 0 Å². The summed E-state index contributed by atoms with van der Waals surface area (Å²) in [4.78, 5) is 0.315. The topological polar surface area (TPSA) is 58.2 Å². The SMILES string of the molecule is CCCNCc1ccc(S(=O)(=O)NCC2CC2C)c(Br)c1. The van der Waals surface area contributed by atoms with Gasteiger partial charge >= 0.3 is 0 Å². The molecule has 1 aliphatic carbocycles. The monoisotopic (exact) mass is 374 g/mol. The van der Waals surface area contributed by atoms with E-state index in [0.717, 1.165) is 31.5 Å². The van der Waals surface area contributed by atoms with Crippen LogP contribution in [0, 0.1) is 11.8 Å². The summed E-state index contributed by atoms with van der Waals surface area (Å²) in [7, 11) is -3.43. The Balaban J connectivity index is 2.01. The molecule has 2 unspecified atom stereocenters. The Hall–Kier alpha value is -0.430. The lowest BCUT2D eigenvalue weighted by atomic mass is 10.2. The molecule has 1 fully saturated rings. The maximum Gasteiger partial charge on any atom is 0.241 e. The highest BCUT2D eigenvalue weighted by molar-refractivity contribution is 9.10. The Labute approximate surface area is 135 Å². The van der Waals surface area contributed by atoms with Crippen molar-refractivity contribution in [3.8, 4) is 0 Å². The Kier molecular flexibility index (Phi) is 5.82. The Bertz CT molecular complexity index is 589. The summed E-state index contributed by atoms with van der Waals surface area (Å²) in [6, 6.07) is 5.41. The lowest BCUT2D eigenvalue weighted by Crippen LogP contribution is -2.26. The molecule has 1 aromatic rings. The molecule has 0 saturated heterocycles. The van der Waals surface area contributed by atoms with E-state index < -0.39 is 10.0 Å². The quantitative estimate of drug-likeness (QED) is 0.687. The van der Waals surface area contributed by atoms with Crippen LogP contribution in [-0.2, 0) is 16.6 Å². The highest BCUT2D eigenvalue weighted by atomic mass is 79.9. The van der Waals surface area contributed by atoms with E-state index in [-0.39, 0.29) is 0 Å². The average molecular weight is 375 g/mol. The molecule has 2 atom stereocenters. The van der Waals surface area contributed by atoms with Crippen molar-refractivity contribution in [2.75, 3.05) is 13.1 Å². The van der Waals surface area contributed by atoms with Gasteiger partial charge in [-0.25, -0.2) is 13.1 Å². The second-order valence-electron chi connectivity index (χ2n) is 5.77. The van der Waals surface area contributed by atoms with Crippen LogP contribution < -0.4 is 10.0 Å². The van der Waals surface area contributed by atoms with Crippen LogP contribution in [0.3, 0.4) is 0 Å². The first-order chi connectivity index (χ1) is 9.94. The zero-order chi connectivity index (χ0) is 15.5. The minimum absolute atomic E-state index is 0.315. The van der Waals surface area contributed by atoms with Crippen LogP contribution in [0.25, 0.3) is 0 Å². The van der Waals surface area contributed by atoms with Gasteiger partial charge in [-0.15, -0.1) is 0 Å². The van der Waals surface area contributed by atoms with E-state index in [1.54, 1.807) is 6.07 Å². The normalized spacial score (nSPS) is 21.5. The zero-order valence-corrected chi connectivity index (χ0v) is 14.9. The van der Waals surface area contributed by atoms with E-state index in [0.29, 0.717) is 27.7 Å². The first-order valence-corrected chi connectivity index (χ1v) is 9.70. The van der Waals surface area contributed by atoms with Gasteiger partial charge in [0.05, 0.1) is 4.90 Å². The minimum atomic E-state index is -3.43. The predicted molar refractivity (Wildman–Crippen MR) is 88.6 cm³/mol. The third-order valence-electron chi connectivity index (χ3n) is 3.85. The molecule has 1 aliphatic rings. The molecule has 1 saturated carbocycles. The summed E-state index contributed by atoms with van der Waals surface area (Å²) in [5.41, 5.74) is 1.07. The maximum absolute atomic E-state index is 12.3. The Morgan fingerprint density at radius 3 is 2.67 bits per heavy atom. The van der Waals surface area contributed by atoms with E-state index in [9.17, 15) is 8.42 Å². The van der Waals surface area contributed by atoms with Gasteiger partial charge in [-0.1, -0.05) is 19.9 Å². The van der Waals surface area contributed by atoms with Gasteiger partial charge in [0.2, 0.25) is 10.0 Å². The van der Waals surface area contributed by atoms with Crippen molar-refractivity contribution in [1.29, 1.82) is 0 Å². The van der Waals surface area contributed by atoms with Gasteiger partial charge in [-0.3, -0.25) is 0 Å². The number of nitrogens with one attached hydrogen (secondary N) is 2. The summed E-state index contributed by atoms with van der Waals surface area (Å²) in [5, 5.41) is 3.30. The van der Waals surface area contributed by atoms with Gasteiger partial charge in [0.25, 0.3) is 0 Å². The van der Waals surface area contributed by atoms with Gasteiger partial charge in [-0.05, 0) is 64.8 Å². The average Bonchev–Trinajstić information content (AvgIpc) is 3.13. The summed E-state index contributed by atoms with van der Waals surface area (Å²) in [6.07, 6.45) is 2.20. The molecule has 2 N–H and O–H groups in total. The fourth-order valence-electron chi connectivity index (χ4n) is 2.26. The molecule has 4 nitrogen and oxygen atoms in total. The summed E-state index contributed by atoms with van der Waals surface area (Å²) in [5.74, 6) is 1.14. The lowest BCUT2D eigenvalue weighted by molar-refractivity contribution is 0.574. The molecular weight excluding hydrogens is 352 g/mol. The summed E-state index contributed by atoms with van der Waals surface area (Å²) >= 11 is 3.38. The molecule has 1 aromatic carbocycles. The van der Waals surface area contributed by atoms with E-state index in [1.807, 2.05) is 12.1 Å². The van der Waals surface area contributed by atoms with Crippen molar-refractivity contribution < 1.29 is 8.42 Å². The van der Waals surface area contributed by atoms with Crippen molar-refractivity contribution in [3.05, 3.63) is 28.2 Å². The summed E-state index contributed by atoms with van der Waals surface area (Å²) < 4.78 is 27.9. The molecule has 6 heteroatoms. The first kappa shape index (κ1) is 16.9. The van der Waals surface area contributed by atoms with Crippen molar-refractivity contribution in [1.82, 2.24) is 10.0 Å². The van der Waals surface area contributed by atoms with Gasteiger partial charge in [0.15, 0.2) is 0 Å². The van der Waals surface area contributed by atoms with E-state index >= 15 is 0 Å². The van der Waals surface area contributed by atoms with E-state index in [4.69, 9.17) is 0 Å². The Morgan fingerprint density at radius 1 is 1.38 bits per heavy atom. The van der Waals surface area contributed by atoms with Crippen molar-refractivity contribution in [2.24, 2.45) is 11.8 Å². The second kappa shape index (κ2) is 7.22. The summed E-state index contributed by atoms with van der Waals surface area (Å²) in [6.45, 7) is 6.51. The molecule has 0 amide bonds. The smallest absolute Gasteiger partial charge is 0.241 e. The number of rotatable bonds is 8. The highest BCUT2D eigenvalue weighted by Crippen LogP contribution is 2.37. The van der Waals surface area contributed by atoms with Crippen LogP contribution in [-0.4, -0.2) is 21.5 Å². The van der Waals surface area contributed by atoms with Crippen molar-refractivity contribution >= 4 is 26.0 Å². The van der Waals surface area contributed by atoms with Gasteiger partial charge in [0.1, 0.15) is 0 Å². The molecule has 118 valence electrons. The molecule has 0 radical (unpaired) electrons. The lowest BCUT2D eigenvalue weighted by Gasteiger charge is -2.10. The molecule has 0 aromatic heterocycles. The van der Waals surface area contributed by atoms with Crippen LogP contribution in [0.4, 0.5) is 0 Å². The fourth-order valence-corrected chi connectivity index (χ4v) is 4.48.